The second-order valence-corrected chi connectivity index (χ2v) is 8.87. The van der Waals surface area contributed by atoms with Crippen molar-refractivity contribution in [1.82, 2.24) is 9.80 Å². The number of carbonyl (C=O) groups excluding carboxylic acids is 2. The second-order valence-electron chi connectivity index (χ2n) is 8.87. The van der Waals surface area contributed by atoms with Crippen LogP contribution in [0.3, 0.4) is 0 Å². The Balaban J connectivity index is 1.74. The Morgan fingerprint density at radius 3 is 2.56 bits per heavy atom. The Hall–Kier alpha value is -3.58. The lowest BCUT2D eigenvalue weighted by Gasteiger charge is -2.28. The van der Waals surface area contributed by atoms with E-state index in [0.717, 1.165) is 22.9 Å². The summed E-state index contributed by atoms with van der Waals surface area (Å²) in [6.45, 7) is 5.53. The first kappa shape index (κ1) is 23.6. The summed E-state index contributed by atoms with van der Waals surface area (Å²) in [5, 5.41) is 11.6. The molecule has 1 amide bonds. The molecule has 7 heteroatoms. The van der Waals surface area contributed by atoms with Crippen LogP contribution < -0.4 is 4.74 Å². The standard InChI is InChI=1S/C27H30N2O5/c1-5-14-33-20-9-7-18(8-10-20)24-23(26(31)27(32)29(24)13-12-28(3)4)25(30)22-16-19-15-17(2)6-11-21(19)34-22/h6-11,15-16,24,31H,5,12-14H2,1-4H3. The van der Waals surface area contributed by atoms with Crippen molar-refractivity contribution >= 4 is 22.7 Å². The van der Waals surface area contributed by atoms with Crippen molar-refractivity contribution < 1.29 is 23.8 Å². The summed E-state index contributed by atoms with van der Waals surface area (Å²) < 4.78 is 11.5. The van der Waals surface area contributed by atoms with Gasteiger partial charge in [-0.1, -0.05) is 30.7 Å². The van der Waals surface area contributed by atoms with Crippen LogP contribution >= 0.6 is 0 Å². The minimum Gasteiger partial charge on any atom is -0.503 e. The van der Waals surface area contributed by atoms with E-state index in [1.807, 2.05) is 75.3 Å². The molecular weight excluding hydrogens is 432 g/mol. The van der Waals surface area contributed by atoms with Gasteiger partial charge >= 0.3 is 0 Å². The van der Waals surface area contributed by atoms with Gasteiger partial charge in [-0.3, -0.25) is 9.59 Å². The summed E-state index contributed by atoms with van der Waals surface area (Å²) in [6.07, 6.45) is 0.892. The van der Waals surface area contributed by atoms with Crippen LogP contribution in [-0.4, -0.2) is 60.4 Å². The van der Waals surface area contributed by atoms with Crippen LogP contribution in [-0.2, 0) is 4.79 Å². The van der Waals surface area contributed by atoms with Gasteiger partial charge in [0, 0.05) is 18.5 Å². The maximum atomic E-state index is 13.6. The summed E-state index contributed by atoms with van der Waals surface area (Å²) in [4.78, 5) is 30.2. The molecule has 2 heterocycles. The van der Waals surface area contributed by atoms with Gasteiger partial charge in [0.05, 0.1) is 18.2 Å². The highest BCUT2D eigenvalue weighted by Gasteiger charge is 2.44. The van der Waals surface area contributed by atoms with E-state index < -0.39 is 23.5 Å². The van der Waals surface area contributed by atoms with Crippen LogP contribution in [0.25, 0.3) is 11.0 Å². The number of aliphatic hydroxyl groups is 1. The van der Waals surface area contributed by atoms with E-state index in [2.05, 4.69) is 0 Å². The molecule has 0 radical (unpaired) electrons. The fourth-order valence-electron chi connectivity index (χ4n) is 4.14. The molecule has 7 nitrogen and oxygen atoms in total. The molecular formula is C27H30N2O5. The summed E-state index contributed by atoms with van der Waals surface area (Å²) in [5.74, 6) is -0.783. The number of aryl methyl sites for hydroxylation is 1. The molecule has 2 aromatic carbocycles. The molecule has 0 bridgehead atoms. The quantitative estimate of drug-likeness (QED) is 0.465. The number of Topliss-reactive ketones (excluding diaryl/α,β-unsaturated/α-hetero) is 1. The first-order valence-electron chi connectivity index (χ1n) is 11.5. The van der Waals surface area contributed by atoms with Crippen molar-refractivity contribution in [2.45, 2.75) is 26.3 Å². The molecule has 1 aliphatic heterocycles. The Morgan fingerprint density at radius 2 is 1.88 bits per heavy atom. The number of ketones is 1. The third kappa shape index (κ3) is 4.56. The van der Waals surface area contributed by atoms with E-state index >= 15 is 0 Å². The largest absolute Gasteiger partial charge is 0.503 e. The lowest BCUT2D eigenvalue weighted by molar-refractivity contribution is -0.129. The number of aliphatic hydroxyl groups excluding tert-OH is 1. The van der Waals surface area contributed by atoms with Gasteiger partial charge in [-0.15, -0.1) is 0 Å². The van der Waals surface area contributed by atoms with E-state index in [1.165, 1.54) is 4.90 Å². The van der Waals surface area contributed by atoms with Crippen molar-refractivity contribution in [3.63, 3.8) is 0 Å². The zero-order valence-electron chi connectivity index (χ0n) is 20.0. The van der Waals surface area contributed by atoms with Crippen molar-refractivity contribution in [3.8, 4) is 5.75 Å². The number of nitrogens with zero attached hydrogens (tertiary/aromatic N) is 2. The number of rotatable bonds is 9. The molecule has 0 fully saturated rings. The zero-order chi connectivity index (χ0) is 24.4. The lowest BCUT2D eigenvalue weighted by atomic mass is 9.95. The number of fused-ring (bicyclic) bond motifs is 1. The molecule has 1 aromatic heterocycles. The normalized spacial score (nSPS) is 16.2. The predicted octanol–water partition coefficient (Wildman–Crippen LogP) is 4.67. The molecule has 1 N–H and O–H groups in total. The maximum Gasteiger partial charge on any atom is 0.290 e. The molecule has 0 saturated carbocycles. The smallest absolute Gasteiger partial charge is 0.290 e. The van der Waals surface area contributed by atoms with Gasteiger partial charge in [0.1, 0.15) is 11.3 Å². The molecule has 0 spiro atoms. The Kier molecular flexibility index (Phi) is 6.75. The van der Waals surface area contributed by atoms with E-state index in [9.17, 15) is 14.7 Å². The molecule has 34 heavy (non-hydrogen) atoms. The van der Waals surface area contributed by atoms with E-state index in [1.54, 1.807) is 6.07 Å². The monoisotopic (exact) mass is 462 g/mol. The third-order valence-corrected chi connectivity index (χ3v) is 5.90. The summed E-state index contributed by atoms with van der Waals surface area (Å²) in [7, 11) is 3.82. The van der Waals surface area contributed by atoms with Crippen molar-refractivity contribution in [3.05, 3.63) is 76.8 Å². The number of benzene rings is 2. The number of likely N-dealkylation sites (N-methyl/N-ethyl adjacent to an activating group) is 1. The minimum atomic E-state index is -0.727. The topological polar surface area (TPSA) is 83.2 Å². The Bertz CT molecular complexity index is 1240. The summed E-state index contributed by atoms with van der Waals surface area (Å²) >= 11 is 0. The van der Waals surface area contributed by atoms with Gasteiger partial charge in [0.15, 0.2) is 11.5 Å². The third-order valence-electron chi connectivity index (χ3n) is 5.90. The highest BCUT2D eigenvalue weighted by atomic mass is 16.5. The molecule has 1 unspecified atom stereocenters. The van der Waals surface area contributed by atoms with E-state index in [4.69, 9.17) is 9.15 Å². The highest BCUT2D eigenvalue weighted by Crippen LogP contribution is 2.40. The number of carbonyl (C=O) groups is 2. The zero-order valence-corrected chi connectivity index (χ0v) is 20.0. The fraction of sp³-hybridized carbons (Fsp3) is 0.333. The molecule has 178 valence electrons. The molecule has 0 saturated heterocycles. The van der Waals surface area contributed by atoms with Gasteiger partial charge < -0.3 is 24.1 Å². The molecule has 1 atom stereocenters. The summed E-state index contributed by atoms with van der Waals surface area (Å²) in [5.41, 5.74) is 2.37. The Labute approximate surface area is 199 Å². The minimum absolute atomic E-state index is 0.0294. The number of amides is 1. The van der Waals surface area contributed by atoms with Crippen LogP contribution in [0.2, 0.25) is 0 Å². The van der Waals surface area contributed by atoms with Crippen molar-refractivity contribution in [2.24, 2.45) is 0 Å². The molecule has 3 aromatic rings. The van der Waals surface area contributed by atoms with E-state index in [0.29, 0.717) is 31.0 Å². The van der Waals surface area contributed by atoms with Gasteiger partial charge in [0.25, 0.3) is 5.91 Å². The van der Waals surface area contributed by atoms with Gasteiger partial charge in [-0.25, -0.2) is 0 Å². The maximum absolute atomic E-state index is 13.6. The van der Waals surface area contributed by atoms with Gasteiger partial charge in [0.2, 0.25) is 5.78 Å². The molecule has 1 aliphatic rings. The lowest BCUT2D eigenvalue weighted by Crippen LogP contribution is -2.36. The summed E-state index contributed by atoms with van der Waals surface area (Å²) in [6, 6.07) is 13.9. The van der Waals surface area contributed by atoms with Crippen molar-refractivity contribution in [2.75, 3.05) is 33.8 Å². The van der Waals surface area contributed by atoms with Crippen LogP contribution in [0.4, 0.5) is 0 Å². The van der Waals surface area contributed by atoms with Gasteiger partial charge in [-0.2, -0.15) is 0 Å². The predicted molar refractivity (Wildman–Crippen MR) is 130 cm³/mol. The Morgan fingerprint density at radius 1 is 1.15 bits per heavy atom. The number of hydrogen-bond donors (Lipinski definition) is 1. The highest BCUT2D eigenvalue weighted by molar-refractivity contribution is 6.16. The average molecular weight is 463 g/mol. The van der Waals surface area contributed by atoms with Crippen LogP contribution in [0.1, 0.15) is 41.1 Å². The molecule has 4 rings (SSSR count). The fourth-order valence-corrected chi connectivity index (χ4v) is 4.14. The number of furan rings is 1. The van der Waals surface area contributed by atoms with Crippen LogP contribution in [0.15, 0.2) is 64.3 Å². The average Bonchev–Trinajstić information content (AvgIpc) is 3.35. The van der Waals surface area contributed by atoms with E-state index in [-0.39, 0.29) is 11.3 Å². The van der Waals surface area contributed by atoms with Crippen molar-refractivity contribution in [1.29, 1.82) is 0 Å². The number of hydrogen-bond acceptors (Lipinski definition) is 6. The SMILES string of the molecule is CCCOc1ccc(C2C(C(=O)c3cc4cc(C)ccc4o3)=C(O)C(=O)N2CCN(C)C)cc1. The second kappa shape index (κ2) is 9.73. The number of ether oxygens (including phenoxy) is 1. The first-order valence-corrected chi connectivity index (χ1v) is 11.5. The van der Waals surface area contributed by atoms with Crippen LogP contribution in [0.5, 0.6) is 5.75 Å². The van der Waals surface area contributed by atoms with Crippen LogP contribution in [0, 0.1) is 6.92 Å². The van der Waals surface area contributed by atoms with Gasteiger partial charge in [-0.05, 0) is 63.3 Å². The first-order chi connectivity index (χ1) is 16.3. The molecule has 0 aliphatic carbocycles.